The van der Waals surface area contributed by atoms with E-state index in [1.54, 1.807) is 0 Å². The summed E-state index contributed by atoms with van der Waals surface area (Å²) >= 11 is 0. The molecule has 84 valence electrons. The van der Waals surface area contributed by atoms with E-state index in [1.807, 2.05) is 0 Å². The van der Waals surface area contributed by atoms with E-state index in [-0.39, 0.29) is 5.54 Å². The number of hydrogen-bond donors (Lipinski definition) is 1. The van der Waals surface area contributed by atoms with Gasteiger partial charge in [-0.05, 0) is 57.4 Å². The molecular weight excluding hydrogens is 170 g/mol. The van der Waals surface area contributed by atoms with Gasteiger partial charge >= 0.3 is 0 Å². The van der Waals surface area contributed by atoms with Crippen molar-refractivity contribution in [1.29, 1.82) is 0 Å². The lowest BCUT2D eigenvalue weighted by Crippen LogP contribution is -2.42. The van der Waals surface area contributed by atoms with Crippen LogP contribution in [-0.2, 0) is 0 Å². The molecule has 0 aromatic heterocycles. The fourth-order valence-electron chi connectivity index (χ4n) is 2.09. The van der Waals surface area contributed by atoms with Gasteiger partial charge < -0.3 is 5.32 Å². The zero-order chi connectivity index (χ0) is 11.0. The molecule has 0 saturated heterocycles. The average molecular weight is 197 g/mol. The van der Waals surface area contributed by atoms with Crippen LogP contribution in [0, 0.1) is 17.3 Å². The van der Waals surface area contributed by atoms with Crippen LogP contribution in [0.15, 0.2) is 0 Å². The Hall–Kier alpha value is -0.0400. The van der Waals surface area contributed by atoms with Crippen LogP contribution < -0.4 is 5.32 Å². The van der Waals surface area contributed by atoms with Gasteiger partial charge in [-0.1, -0.05) is 20.8 Å². The molecule has 1 saturated carbocycles. The van der Waals surface area contributed by atoms with E-state index >= 15 is 0 Å². The predicted molar refractivity (Wildman–Crippen MR) is 63.4 cm³/mol. The lowest BCUT2D eigenvalue weighted by atomic mass is 9.77. The molecule has 14 heavy (non-hydrogen) atoms. The highest BCUT2D eigenvalue weighted by Gasteiger charge is 2.38. The highest BCUT2D eigenvalue weighted by molar-refractivity contribution is 4.90. The lowest BCUT2D eigenvalue weighted by Gasteiger charge is -2.34. The second kappa shape index (κ2) is 3.84. The van der Waals surface area contributed by atoms with E-state index in [0.717, 1.165) is 11.8 Å². The minimum Gasteiger partial charge on any atom is -0.312 e. The number of nitrogens with one attached hydrogen (secondary N) is 1. The van der Waals surface area contributed by atoms with Gasteiger partial charge in [0.25, 0.3) is 0 Å². The first-order chi connectivity index (χ1) is 6.20. The van der Waals surface area contributed by atoms with Crippen molar-refractivity contribution in [2.75, 3.05) is 6.54 Å². The Morgan fingerprint density at radius 2 is 1.57 bits per heavy atom. The van der Waals surface area contributed by atoms with Gasteiger partial charge in [0, 0.05) is 5.54 Å². The van der Waals surface area contributed by atoms with Gasteiger partial charge in [-0.3, -0.25) is 0 Å². The lowest BCUT2D eigenvalue weighted by molar-refractivity contribution is 0.190. The minimum atomic E-state index is 0.262. The van der Waals surface area contributed by atoms with Gasteiger partial charge in [0.05, 0.1) is 0 Å². The van der Waals surface area contributed by atoms with Crippen molar-refractivity contribution in [2.24, 2.45) is 17.3 Å². The molecule has 1 fully saturated rings. The maximum atomic E-state index is 3.65. The van der Waals surface area contributed by atoms with Gasteiger partial charge in [-0.25, -0.2) is 0 Å². The van der Waals surface area contributed by atoms with Crippen LogP contribution in [0.3, 0.4) is 0 Å². The zero-order valence-corrected chi connectivity index (χ0v) is 10.8. The highest BCUT2D eigenvalue weighted by atomic mass is 14.9. The third-order valence-corrected chi connectivity index (χ3v) is 3.16. The van der Waals surface area contributed by atoms with E-state index < -0.39 is 0 Å². The molecule has 0 spiro atoms. The number of rotatable bonds is 3. The van der Waals surface area contributed by atoms with Gasteiger partial charge in [0.1, 0.15) is 0 Å². The van der Waals surface area contributed by atoms with Crippen molar-refractivity contribution >= 4 is 0 Å². The fraction of sp³-hybridized carbons (Fsp3) is 1.00. The predicted octanol–water partition coefficient (Wildman–Crippen LogP) is 3.45. The van der Waals surface area contributed by atoms with Crippen molar-refractivity contribution < 1.29 is 0 Å². The first-order valence-corrected chi connectivity index (χ1v) is 5.95. The SMILES string of the molecule is CC(C)(C)NCC(C1CC1)C(C)(C)C. The van der Waals surface area contributed by atoms with E-state index in [0.29, 0.717) is 5.41 Å². The molecule has 1 aliphatic rings. The van der Waals surface area contributed by atoms with Gasteiger partial charge in [-0.2, -0.15) is 0 Å². The maximum Gasteiger partial charge on any atom is 0.00966 e. The third kappa shape index (κ3) is 4.00. The largest absolute Gasteiger partial charge is 0.312 e. The van der Waals surface area contributed by atoms with Crippen molar-refractivity contribution in [3.8, 4) is 0 Å². The van der Waals surface area contributed by atoms with Crippen LogP contribution in [0.2, 0.25) is 0 Å². The summed E-state index contributed by atoms with van der Waals surface area (Å²) in [5.74, 6) is 1.84. The maximum absolute atomic E-state index is 3.65. The van der Waals surface area contributed by atoms with Crippen LogP contribution in [0.5, 0.6) is 0 Å². The van der Waals surface area contributed by atoms with Gasteiger partial charge in [0.15, 0.2) is 0 Å². The molecular formula is C13H27N. The van der Waals surface area contributed by atoms with Crippen molar-refractivity contribution in [3.63, 3.8) is 0 Å². The van der Waals surface area contributed by atoms with Crippen LogP contribution in [0.1, 0.15) is 54.4 Å². The molecule has 1 heteroatoms. The molecule has 1 aliphatic carbocycles. The van der Waals surface area contributed by atoms with Crippen molar-refractivity contribution in [3.05, 3.63) is 0 Å². The average Bonchev–Trinajstić information content (AvgIpc) is 2.64. The second-order valence-electron chi connectivity index (χ2n) is 6.94. The summed E-state index contributed by atoms with van der Waals surface area (Å²) in [5, 5.41) is 3.65. The third-order valence-electron chi connectivity index (χ3n) is 3.16. The number of hydrogen-bond acceptors (Lipinski definition) is 1. The molecule has 1 atom stereocenters. The summed E-state index contributed by atoms with van der Waals surface area (Å²) in [7, 11) is 0. The first-order valence-electron chi connectivity index (χ1n) is 5.95. The summed E-state index contributed by atoms with van der Waals surface area (Å²) in [6, 6.07) is 0. The van der Waals surface area contributed by atoms with Gasteiger partial charge in [-0.15, -0.1) is 0 Å². The zero-order valence-electron chi connectivity index (χ0n) is 10.8. The Balaban J connectivity index is 2.45. The van der Waals surface area contributed by atoms with E-state index in [9.17, 15) is 0 Å². The Kier molecular flexibility index (Phi) is 3.30. The first kappa shape index (κ1) is 12.0. The van der Waals surface area contributed by atoms with Crippen LogP contribution in [0.4, 0.5) is 0 Å². The highest BCUT2D eigenvalue weighted by Crippen LogP contribution is 2.45. The molecule has 0 aliphatic heterocycles. The van der Waals surface area contributed by atoms with Crippen molar-refractivity contribution in [1.82, 2.24) is 5.32 Å². The topological polar surface area (TPSA) is 12.0 Å². The molecule has 1 N–H and O–H groups in total. The Morgan fingerprint density at radius 1 is 1.07 bits per heavy atom. The molecule has 0 bridgehead atoms. The molecule has 0 amide bonds. The fourth-order valence-corrected chi connectivity index (χ4v) is 2.09. The standard InChI is InChI=1S/C13H27N/c1-12(2,3)11(10-7-8-10)9-14-13(4,5)6/h10-11,14H,7-9H2,1-6H3. The van der Waals surface area contributed by atoms with Crippen LogP contribution in [-0.4, -0.2) is 12.1 Å². The molecule has 0 heterocycles. The smallest absolute Gasteiger partial charge is 0.00966 e. The van der Waals surface area contributed by atoms with E-state index in [2.05, 4.69) is 46.9 Å². The Labute approximate surface area is 89.7 Å². The molecule has 1 unspecified atom stereocenters. The monoisotopic (exact) mass is 197 g/mol. The molecule has 0 aromatic carbocycles. The summed E-state index contributed by atoms with van der Waals surface area (Å²) in [6.07, 6.45) is 2.90. The van der Waals surface area contributed by atoms with E-state index in [1.165, 1.54) is 19.4 Å². The van der Waals surface area contributed by atoms with E-state index in [4.69, 9.17) is 0 Å². The van der Waals surface area contributed by atoms with Gasteiger partial charge in [0.2, 0.25) is 0 Å². The van der Waals surface area contributed by atoms with Crippen LogP contribution >= 0.6 is 0 Å². The molecule has 1 nitrogen and oxygen atoms in total. The van der Waals surface area contributed by atoms with Crippen LogP contribution in [0.25, 0.3) is 0 Å². The van der Waals surface area contributed by atoms with Crippen molar-refractivity contribution in [2.45, 2.75) is 59.9 Å². The Bertz CT molecular complexity index is 178. The quantitative estimate of drug-likeness (QED) is 0.731. The second-order valence-corrected chi connectivity index (χ2v) is 6.94. The minimum absolute atomic E-state index is 0.262. The summed E-state index contributed by atoms with van der Waals surface area (Å²) < 4.78 is 0. The molecule has 1 rings (SSSR count). The summed E-state index contributed by atoms with van der Waals surface area (Å²) in [4.78, 5) is 0. The molecule has 0 aromatic rings. The summed E-state index contributed by atoms with van der Waals surface area (Å²) in [5.41, 5.74) is 0.720. The normalized spacial score (nSPS) is 21.0. The molecule has 0 radical (unpaired) electrons. The summed E-state index contributed by atoms with van der Waals surface area (Å²) in [6.45, 7) is 15.1. The Morgan fingerprint density at radius 3 is 1.86 bits per heavy atom.